The number of rotatable bonds is 7. The number of ether oxygens (including phenoxy) is 2. The van der Waals surface area contributed by atoms with Gasteiger partial charge in [-0.3, -0.25) is 9.59 Å². The van der Waals surface area contributed by atoms with Crippen molar-refractivity contribution in [1.82, 2.24) is 0 Å². The minimum atomic E-state index is -0.416. The van der Waals surface area contributed by atoms with Crippen LogP contribution >= 0.6 is 0 Å². The zero-order chi connectivity index (χ0) is 12.6. The first-order chi connectivity index (χ1) is 7.41. The average molecular weight is 230 g/mol. The van der Waals surface area contributed by atoms with Crippen LogP contribution in [-0.2, 0) is 19.1 Å². The average Bonchev–Trinajstić information content (AvgIpc) is 2.17. The summed E-state index contributed by atoms with van der Waals surface area (Å²) in [6, 6.07) is 0. The van der Waals surface area contributed by atoms with E-state index in [1.165, 1.54) is 0 Å². The number of carbonyl (C=O) groups is 2. The second kappa shape index (κ2) is 7.25. The van der Waals surface area contributed by atoms with Crippen LogP contribution in [0.3, 0.4) is 0 Å². The van der Waals surface area contributed by atoms with Crippen molar-refractivity contribution in [2.75, 3.05) is 6.61 Å². The molecule has 94 valence electrons. The monoisotopic (exact) mass is 230 g/mol. The van der Waals surface area contributed by atoms with Gasteiger partial charge < -0.3 is 9.47 Å². The van der Waals surface area contributed by atoms with Crippen molar-refractivity contribution < 1.29 is 19.1 Å². The van der Waals surface area contributed by atoms with Crippen LogP contribution in [0, 0.1) is 0 Å². The van der Waals surface area contributed by atoms with Gasteiger partial charge in [0.25, 0.3) is 0 Å². The maximum absolute atomic E-state index is 11.4. The van der Waals surface area contributed by atoms with E-state index in [1.54, 1.807) is 6.92 Å². The van der Waals surface area contributed by atoms with Crippen LogP contribution in [0.15, 0.2) is 0 Å². The predicted octanol–water partition coefficient (Wildman–Crippen LogP) is 2.45. The van der Waals surface area contributed by atoms with Gasteiger partial charge in [-0.1, -0.05) is 6.92 Å². The summed E-state index contributed by atoms with van der Waals surface area (Å²) < 4.78 is 9.99. The molecule has 0 unspecified atom stereocenters. The third-order valence-corrected chi connectivity index (χ3v) is 2.31. The molecule has 0 rings (SSSR count). The van der Waals surface area contributed by atoms with Crippen LogP contribution in [0.2, 0.25) is 0 Å². The Morgan fingerprint density at radius 3 is 2.12 bits per heavy atom. The molecule has 0 fully saturated rings. The third-order valence-electron chi connectivity index (χ3n) is 2.31. The Morgan fingerprint density at radius 1 is 1.06 bits per heavy atom. The molecule has 0 aromatic heterocycles. The lowest BCUT2D eigenvalue weighted by atomic mass is 10.1. The van der Waals surface area contributed by atoms with Crippen LogP contribution in [0.25, 0.3) is 0 Å². The molecule has 0 saturated carbocycles. The van der Waals surface area contributed by atoms with E-state index in [-0.39, 0.29) is 24.8 Å². The molecule has 0 bridgehead atoms. The first-order valence-corrected chi connectivity index (χ1v) is 5.78. The van der Waals surface area contributed by atoms with Gasteiger partial charge in [0.2, 0.25) is 0 Å². The van der Waals surface area contributed by atoms with Crippen molar-refractivity contribution in [3.8, 4) is 0 Å². The van der Waals surface area contributed by atoms with Crippen molar-refractivity contribution in [2.24, 2.45) is 0 Å². The molecule has 0 aliphatic carbocycles. The second-order valence-corrected chi connectivity index (χ2v) is 4.25. The van der Waals surface area contributed by atoms with Crippen molar-refractivity contribution in [2.45, 2.75) is 59.0 Å². The van der Waals surface area contributed by atoms with Crippen LogP contribution in [0.4, 0.5) is 0 Å². The summed E-state index contributed by atoms with van der Waals surface area (Å²) in [6.45, 7) is 7.85. The quantitative estimate of drug-likeness (QED) is 0.630. The van der Waals surface area contributed by atoms with Crippen molar-refractivity contribution >= 4 is 11.9 Å². The Morgan fingerprint density at radius 2 is 1.62 bits per heavy atom. The molecule has 0 N–H and O–H groups in total. The molecule has 0 saturated heterocycles. The smallest absolute Gasteiger partial charge is 0.306 e. The lowest BCUT2D eigenvalue weighted by molar-refractivity contribution is -0.156. The van der Waals surface area contributed by atoms with Gasteiger partial charge in [-0.15, -0.1) is 0 Å². The molecule has 0 aromatic carbocycles. The molecule has 4 heteroatoms. The Hall–Kier alpha value is -1.06. The van der Waals surface area contributed by atoms with E-state index in [9.17, 15) is 9.59 Å². The van der Waals surface area contributed by atoms with E-state index in [1.807, 2.05) is 20.8 Å². The molecule has 0 radical (unpaired) electrons. The molecule has 0 heterocycles. The summed E-state index contributed by atoms with van der Waals surface area (Å²) in [5.41, 5.74) is -0.416. The molecule has 16 heavy (non-hydrogen) atoms. The molecular formula is C12H22O4. The molecule has 0 aromatic rings. The molecule has 0 aliphatic rings. The summed E-state index contributed by atoms with van der Waals surface area (Å²) in [4.78, 5) is 22.4. The maximum Gasteiger partial charge on any atom is 0.306 e. The molecule has 4 nitrogen and oxygen atoms in total. The molecule has 0 aliphatic heterocycles. The zero-order valence-electron chi connectivity index (χ0n) is 10.7. The number of hydrogen-bond acceptors (Lipinski definition) is 4. The van der Waals surface area contributed by atoms with E-state index < -0.39 is 5.60 Å². The van der Waals surface area contributed by atoms with Gasteiger partial charge in [0.1, 0.15) is 5.60 Å². The lowest BCUT2D eigenvalue weighted by Gasteiger charge is -2.23. The fraction of sp³-hybridized carbons (Fsp3) is 0.833. The van der Waals surface area contributed by atoms with Gasteiger partial charge in [0, 0.05) is 12.8 Å². The number of esters is 2. The topological polar surface area (TPSA) is 52.6 Å². The van der Waals surface area contributed by atoms with Gasteiger partial charge in [0.05, 0.1) is 6.61 Å². The fourth-order valence-corrected chi connectivity index (χ4v) is 1.04. The summed E-state index contributed by atoms with van der Waals surface area (Å²) in [5, 5.41) is 0. The van der Waals surface area contributed by atoms with Crippen molar-refractivity contribution in [3.05, 3.63) is 0 Å². The lowest BCUT2D eigenvalue weighted by Crippen LogP contribution is -2.26. The molecule has 0 atom stereocenters. The van der Waals surface area contributed by atoms with E-state index in [4.69, 9.17) is 9.47 Å². The molecule has 0 spiro atoms. The van der Waals surface area contributed by atoms with Crippen LogP contribution in [0.1, 0.15) is 53.4 Å². The Labute approximate surface area is 97.3 Å². The minimum absolute atomic E-state index is 0.254. The van der Waals surface area contributed by atoms with E-state index >= 15 is 0 Å². The highest BCUT2D eigenvalue weighted by Crippen LogP contribution is 2.15. The van der Waals surface area contributed by atoms with Crippen LogP contribution < -0.4 is 0 Å². The molecule has 0 amide bonds. The standard InChI is InChI=1S/C12H22O4/c1-5-12(3,4)16-11(14)9-7-8-10(13)15-6-2/h5-9H2,1-4H3. The number of hydrogen-bond donors (Lipinski definition) is 0. The fourth-order valence-electron chi connectivity index (χ4n) is 1.04. The maximum atomic E-state index is 11.4. The van der Waals surface area contributed by atoms with Crippen molar-refractivity contribution in [3.63, 3.8) is 0 Å². The first kappa shape index (κ1) is 14.9. The van der Waals surface area contributed by atoms with Gasteiger partial charge in [0.15, 0.2) is 0 Å². The zero-order valence-corrected chi connectivity index (χ0v) is 10.7. The van der Waals surface area contributed by atoms with E-state index in [0.717, 1.165) is 6.42 Å². The van der Waals surface area contributed by atoms with Crippen LogP contribution in [-0.4, -0.2) is 24.1 Å². The highest BCUT2D eigenvalue weighted by molar-refractivity contribution is 5.72. The summed E-state index contributed by atoms with van der Waals surface area (Å²) in [7, 11) is 0. The summed E-state index contributed by atoms with van der Waals surface area (Å²) >= 11 is 0. The predicted molar refractivity (Wildman–Crippen MR) is 60.9 cm³/mol. The third kappa shape index (κ3) is 7.26. The first-order valence-electron chi connectivity index (χ1n) is 5.78. The Bertz CT molecular complexity index is 233. The van der Waals surface area contributed by atoms with E-state index in [2.05, 4.69) is 0 Å². The highest BCUT2D eigenvalue weighted by Gasteiger charge is 2.20. The minimum Gasteiger partial charge on any atom is -0.466 e. The van der Waals surface area contributed by atoms with Crippen molar-refractivity contribution in [1.29, 1.82) is 0 Å². The second-order valence-electron chi connectivity index (χ2n) is 4.25. The van der Waals surface area contributed by atoms with Gasteiger partial charge in [-0.05, 0) is 33.6 Å². The van der Waals surface area contributed by atoms with Gasteiger partial charge in [-0.2, -0.15) is 0 Å². The normalized spacial score (nSPS) is 11.0. The number of carbonyl (C=O) groups excluding carboxylic acids is 2. The molecular weight excluding hydrogens is 208 g/mol. The largest absolute Gasteiger partial charge is 0.466 e. The SMILES string of the molecule is CCOC(=O)CCCC(=O)OC(C)(C)CC. The highest BCUT2D eigenvalue weighted by atomic mass is 16.6. The van der Waals surface area contributed by atoms with Gasteiger partial charge in [-0.25, -0.2) is 0 Å². The summed E-state index contributed by atoms with van der Waals surface area (Å²) in [5.74, 6) is -0.513. The Balaban J connectivity index is 3.70. The van der Waals surface area contributed by atoms with E-state index in [0.29, 0.717) is 13.0 Å². The summed E-state index contributed by atoms with van der Waals surface area (Å²) in [6.07, 6.45) is 1.80. The Kier molecular flexibility index (Phi) is 6.77. The van der Waals surface area contributed by atoms with Crippen LogP contribution in [0.5, 0.6) is 0 Å². The van der Waals surface area contributed by atoms with Gasteiger partial charge >= 0.3 is 11.9 Å².